The summed E-state index contributed by atoms with van der Waals surface area (Å²) in [5.41, 5.74) is 0.283. The molecule has 0 radical (unpaired) electrons. The molecule has 178 valence electrons. The maximum Gasteiger partial charge on any atom is 0.417 e. The molecule has 4 nitrogen and oxygen atoms in total. The number of carboxylic acid groups (broad SMARTS) is 1. The monoisotopic (exact) mass is 493 g/mol. The first kappa shape index (κ1) is 28.1. The Morgan fingerprint density at radius 2 is 1.88 bits per heavy atom. The second-order valence-electron chi connectivity index (χ2n) is 7.83. The smallest absolute Gasteiger partial charge is 0.417 e. The molecule has 2 rings (SSSR count). The number of aliphatic carboxylic acids is 1. The molecule has 0 fully saturated rings. The van der Waals surface area contributed by atoms with Gasteiger partial charge in [-0.25, -0.2) is 0 Å². The molecule has 0 unspecified atom stereocenters. The molecule has 1 N–H and O–H groups in total. The summed E-state index contributed by atoms with van der Waals surface area (Å²) in [6.45, 7) is 6.15. The van der Waals surface area contributed by atoms with Crippen molar-refractivity contribution >= 4 is 30.0 Å². The Hall–Kier alpha value is -1.96. The third-order valence-electron chi connectivity index (χ3n) is 4.54. The SMILES string of the molecule is CC(C)CN(CCCOc1cccc(CC(=O)O)c1)Cc1cccc(C(F)(F)F)c1Cl.Cl. The van der Waals surface area contributed by atoms with E-state index >= 15 is 0 Å². The molecule has 0 aliphatic rings. The third kappa shape index (κ3) is 9.27. The molecule has 0 saturated heterocycles. The Balaban J connectivity index is 0.00000512. The summed E-state index contributed by atoms with van der Waals surface area (Å²) in [5.74, 6) is 0.0167. The Kier molecular flexibility index (Phi) is 11.3. The molecule has 0 heterocycles. The predicted octanol–water partition coefficient (Wildman–Crippen LogP) is 6.33. The molecule has 0 atom stereocenters. The molecular weight excluding hydrogens is 466 g/mol. The van der Waals surface area contributed by atoms with E-state index in [4.69, 9.17) is 21.4 Å². The second-order valence-corrected chi connectivity index (χ2v) is 8.20. The van der Waals surface area contributed by atoms with Crippen LogP contribution >= 0.6 is 24.0 Å². The summed E-state index contributed by atoms with van der Waals surface area (Å²) < 4.78 is 45.1. The van der Waals surface area contributed by atoms with Gasteiger partial charge >= 0.3 is 12.1 Å². The molecule has 0 bridgehead atoms. The van der Waals surface area contributed by atoms with E-state index in [1.807, 2.05) is 13.8 Å². The Bertz CT molecular complexity index is 876. The number of alkyl halides is 3. The van der Waals surface area contributed by atoms with Crippen LogP contribution in [0.2, 0.25) is 5.02 Å². The van der Waals surface area contributed by atoms with Crippen molar-refractivity contribution in [1.29, 1.82) is 0 Å². The van der Waals surface area contributed by atoms with Crippen LogP contribution in [0.25, 0.3) is 0 Å². The molecule has 0 aliphatic carbocycles. The van der Waals surface area contributed by atoms with Crippen LogP contribution in [0.15, 0.2) is 42.5 Å². The van der Waals surface area contributed by atoms with Crippen molar-refractivity contribution in [2.75, 3.05) is 19.7 Å². The van der Waals surface area contributed by atoms with Gasteiger partial charge in [0.05, 0.1) is 23.6 Å². The Labute approximate surface area is 197 Å². The number of nitrogens with zero attached hydrogens (tertiary/aromatic N) is 1. The van der Waals surface area contributed by atoms with E-state index in [1.54, 1.807) is 30.3 Å². The van der Waals surface area contributed by atoms with E-state index in [9.17, 15) is 18.0 Å². The number of hydrogen-bond acceptors (Lipinski definition) is 3. The summed E-state index contributed by atoms with van der Waals surface area (Å²) >= 11 is 6.05. The number of carbonyl (C=O) groups is 1. The molecule has 0 amide bonds. The van der Waals surface area contributed by atoms with E-state index in [0.717, 1.165) is 6.07 Å². The number of hydrogen-bond donors (Lipinski definition) is 1. The maximum atomic E-state index is 13.1. The molecule has 2 aromatic carbocycles. The molecule has 0 saturated carbocycles. The lowest BCUT2D eigenvalue weighted by molar-refractivity contribution is -0.138. The highest BCUT2D eigenvalue weighted by Gasteiger charge is 2.33. The number of carboxylic acids is 1. The van der Waals surface area contributed by atoms with Crippen LogP contribution in [0.3, 0.4) is 0 Å². The average Bonchev–Trinajstić information content (AvgIpc) is 2.65. The highest BCUT2D eigenvalue weighted by Crippen LogP contribution is 2.36. The first-order chi connectivity index (χ1) is 14.6. The molecule has 32 heavy (non-hydrogen) atoms. The lowest BCUT2D eigenvalue weighted by Crippen LogP contribution is -2.29. The number of ether oxygens (including phenoxy) is 1. The van der Waals surface area contributed by atoms with Gasteiger partial charge in [-0.2, -0.15) is 13.2 Å². The summed E-state index contributed by atoms with van der Waals surface area (Å²) in [7, 11) is 0. The summed E-state index contributed by atoms with van der Waals surface area (Å²) in [6.07, 6.45) is -3.90. The van der Waals surface area contributed by atoms with Crippen LogP contribution in [0.4, 0.5) is 13.2 Å². The van der Waals surface area contributed by atoms with Crippen LogP contribution in [-0.2, 0) is 23.9 Å². The van der Waals surface area contributed by atoms with Gasteiger partial charge in [0.15, 0.2) is 0 Å². The summed E-state index contributed by atoms with van der Waals surface area (Å²) in [5, 5.41) is 8.63. The van der Waals surface area contributed by atoms with Gasteiger partial charge in [0.25, 0.3) is 0 Å². The van der Waals surface area contributed by atoms with Gasteiger partial charge in [0, 0.05) is 19.6 Å². The fourth-order valence-corrected chi connectivity index (χ4v) is 3.60. The molecule has 0 spiro atoms. The van der Waals surface area contributed by atoms with Crippen molar-refractivity contribution in [2.45, 2.75) is 39.4 Å². The predicted molar refractivity (Wildman–Crippen MR) is 122 cm³/mol. The van der Waals surface area contributed by atoms with Crippen molar-refractivity contribution in [2.24, 2.45) is 5.92 Å². The summed E-state index contributed by atoms with van der Waals surface area (Å²) in [6, 6.07) is 10.9. The Morgan fingerprint density at radius 3 is 2.50 bits per heavy atom. The number of benzene rings is 2. The molecule has 9 heteroatoms. The standard InChI is InChI=1S/C23H27ClF3NO3.ClH/c1-16(2)14-28(15-18-7-4-9-20(22(18)24)23(25,26)27)10-5-11-31-19-8-3-6-17(12-19)13-21(29)30;/h3-4,6-9,12,16H,5,10-11,13-15H2,1-2H3,(H,29,30);1H. The van der Waals surface area contributed by atoms with Gasteiger partial charge in [0.1, 0.15) is 5.75 Å². The highest BCUT2D eigenvalue weighted by atomic mass is 35.5. The van der Waals surface area contributed by atoms with Crippen LogP contribution < -0.4 is 4.74 Å². The number of halogens is 5. The minimum atomic E-state index is -4.49. The van der Waals surface area contributed by atoms with Gasteiger partial charge in [-0.15, -0.1) is 12.4 Å². The van der Waals surface area contributed by atoms with Crippen LogP contribution in [-0.4, -0.2) is 35.7 Å². The first-order valence-electron chi connectivity index (χ1n) is 10.1. The van der Waals surface area contributed by atoms with E-state index < -0.39 is 17.7 Å². The minimum absolute atomic E-state index is 0. The largest absolute Gasteiger partial charge is 0.494 e. The van der Waals surface area contributed by atoms with Gasteiger partial charge in [0.2, 0.25) is 0 Å². The normalized spacial score (nSPS) is 11.5. The molecule has 2 aromatic rings. The van der Waals surface area contributed by atoms with Gasteiger partial charge in [-0.1, -0.05) is 49.7 Å². The fraction of sp³-hybridized carbons (Fsp3) is 0.435. The molecular formula is C23H28Cl2F3NO3. The van der Waals surface area contributed by atoms with Crippen molar-refractivity contribution in [3.8, 4) is 5.75 Å². The summed E-state index contributed by atoms with van der Waals surface area (Å²) in [4.78, 5) is 12.9. The van der Waals surface area contributed by atoms with E-state index in [-0.39, 0.29) is 23.9 Å². The van der Waals surface area contributed by atoms with Crippen molar-refractivity contribution in [3.05, 3.63) is 64.2 Å². The van der Waals surface area contributed by atoms with Gasteiger partial charge in [-0.3, -0.25) is 9.69 Å². The Morgan fingerprint density at radius 1 is 1.19 bits per heavy atom. The average molecular weight is 494 g/mol. The minimum Gasteiger partial charge on any atom is -0.494 e. The zero-order valence-corrected chi connectivity index (χ0v) is 19.6. The highest BCUT2D eigenvalue weighted by molar-refractivity contribution is 6.32. The molecule has 0 aliphatic heterocycles. The van der Waals surface area contributed by atoms with E-state index in [0.29, 0.717) is 55.5 Å². The van der Waals surface area contributed by atoms with Crippen LogP contribution in [0, 0.1) is 5.92 Å². The van der Waals surface area contributed by atoms with E-state index in [1.165, 1.54) is 6.07 Å². The zero-order valence-electron chi connectivity index (χ0n) is 18.0. The fourth-order valence-electron chi connectivity index (χ4n) is 3.31. The lowest BCUT2D eigenvalue weighted by atomic mass is 10.1. The lowest BCUT2D eigenvalue weighted by Gasteiger charge is -2.25. The third-order valence-corrected chi connectivity index (χ3v) is 4.99. The van der Waals surface area contributed by atoms with Crippen molar-refractivity contribution < 1.29 is 27.8 Å². The van der Waals surface area contributed by atoms with Gasteiger partial charge in [-0.05, 0) is 41.7 Å². The molecule has 0 aromatic heterocycles. The van der Waals surface area contributed by atoms with Crippen molar-refractivity contribution in [1.82, 2.24) is 4.90 Å². The topological polar surface area (TPSA) is 49.8 Å². The van der Waals surface area contributed by atoms with E-state index in [2.05, 4.69) is 4.90 Å². The van der Waals surface area contributed by atoms with Crippen molar-refractivity contribution in [3.63, 3.8) is 0 Å². The zero-order chi connectivity index (χ0) is 23.0. The second kappa shape index (κ2) is 12.9. The maximum absolute atomic E-state index is 13.1. The quantitative estimate of drug-likeness (QED) is 0.371. The number of rotatable bonds is 11. The van der Waals surface area contributed by atoms with Gasteiger partial charge < -0.3 is 9.84 Å². The van der Waals surface area contributed by atoms with Crippen LogP contribution in [0.5, 0.6) is 5.75 Å². The first-order valence-corrected chi connectivity index (χ1v) is 10.4. The van der Waals surface area contributed by atoms with Crippen LogP contribution in [0.1, 0.15) is 37.0 Å².